The molecule has 0 aromatic heterocycles. The fraction of sp³-hybridized carbons (Fsp3) is 0.200. The van der Waals surface area contributed by atoms with Gasteiger partial charge in [0.25, 0.3) is 0 Å². The Balaban J connectivity index is 2.28. The minimum Gasteiger partial charge on any atom is -0.495 e. The molecular weight excluding hydrogens is 294 g/mol. The lowest BCUT2D eigenvalue weighted by molar-refractivity contribution is 0.404. The van der Waals surface area contributed by atoms with Crippen molar-refractivity contribution < 1.29 is 8.95 Å². The molecule has 0 amide bonds. The molecule has 1 unspecified atom stereocenters. The minimum absolute atomic E-state index is 0.347. The molecule has 20 heavy (non-hydrogen) atoms. The van der Waals surface area contributed by atoms with Gasteiger partial charge in [0.2, 0.25) is 0 Å². The topological polar surface area (TPSA) is 52.3 Å². The van der Waals surface area contributed by atoms with Crippen molar-refractivity contribution >= 4 is 28.1 Å². The predicted octanol–water partition coefficient (Wildman–Crippen LogP) is 3.55. The minimum atomic E-state index is -1.24. The van der Waals surface area contributed by atoms with E-state index in [4.69, 9.17) is 22.1 Å². The first kappa shape index (κ1) is 14.9. The van der Waals surface area contributed by atoms with Crippen LogP contribution in [0.4, 0.5) is 5.69 Å². The first-order valence-corrected chi connectivity index (χ1v) is 7.78. The van der Waals surface area contributed by atoms with Crippen LogP contribution in [0.5, 0.6) is 5.75 Å². The predicted molar refractivity (Wildman–Crippen MR) is 83.7 cm³/mol. The summed E-state index contributed by atoms with van der Waals surface area (Å²) in [7, 11) is 0.300. The summed E-state index contributed by atoms with van der Waals surface area (Å²) in [6, 6.07) is 10.8. The molecule has 0 bridgehead atoms. The standard InChI is InChI=1S/C15H16ClNO2S/c1-10-3-4-11(13(16)7-10)9-20(18)15-6-5-12(17)8-14(15)19-2/h3-8H,9,17H2,1-2H3. The maximum absolute atomic E-state index is 12.5. The Kier molecular flexibility index (Phi) is 4.68. The summed E-state index contributed by atoms with van der Waals surface area (Å²) in [5.41, 5.74) is 8.21. The van der Waals surface area contributed by atoms with Crippen LogP contribution in [-0.2, 0) is 16.6 Å². The Morgan fingerprint density at radius 1 is 1.25 bits per heavy atom. The van der Waals surface area contributed by atoms with Crippen LogP contribution >= 0.6 is 11.6 Å². The number of hydrogen-bond acceptors (Lipinski definition) is 3. The summed E-state index contributed by atoms with van der Waals surface area (Å²) in [5, 5.41) is 0.632. The lowest BCUT2D eigenvalue weighted by Gasteiger charge is -2.10. The first-order valence-electron chi connectivity index (χ1n) is 6.08. The molecule has 0 spiro atoms. The number of aryl methyl sites for hydroxylation is 1. The van der Waals surface area contributed by atoms with E-state index in [1.165, 1.54) is 7.11 Å². The fourth-order valence-electron chi connectivity index (χ4n) is 1.86. The summed E-state index contributed by atoms with van der Waals surface area (Å²) in [6.45, 7) is 1.97. The number of halogens is 1. The molecule has 2 rings (SSSR count). The molecule has 0 saturated carbocycles. The smallest absolute Gasteiger partial charge is 0.137 e. The molecule has 2 aromatic rings. The van der Waals surface area contributed by atoms with E-state index < -0.39 is 10.8 Å². The molecular formula is C15H16ClNO2S. The molecule has 0 aliphatic heterocycles. The molecule has 0 aliphatic rings. The second kappa shape index (κ2) is 6.29. The van der Waals surface area contributed by atoms with Gasteiger partial charge in [0, 0.05) is 16.8 Å². The van der Waals surface area contributed by atoms with Crippen LogP contribution in [0.1, 0.15) is 11.1 Å². The van der Waals surface area contributed by atoms with Crippen molar-refractivity contribution in [1.82, 2.24) is 0 Å². The quantitative estimate of drug-likeness (QED) is 0.879. The number of hydrogen-bond donors (Lipinski definition) is 1. The van der Waals surface area contributed by atoms with E-state index in [-0.39, 0.29) is 0 Å². The molecule has 106 valence electrons. The van der Waals surface area contributed by atoms with E-state index in [0.29, 0.717) is 27.1 Å². The average Bonchev–Trinajstić information content (AvgIpc) is 2.41. The highest BCUT2D eigenvalue weighted by molar-refractivity contribution is 7.84. The van der Waals surface area contributed by atoms with Crippen molar-refractivity contribution in [3.05, 3.63) is 52.5 Å². The molecule has 2 aromatic carbocycles. The lowest BCUT2D eigenvalue weighted by atomic mass is 10.2. The molecule has 5 heteroatoms. The number of rotatable bonds is 4. The van der Waals surface area contributed by atoms with E-state index in [9.17, 15) is 4.21 Å². The van der Waals surface area contributed by atoms with Gasteiger partial charge in [-0.3, -0.25) is 4.21 Å². The van der Waals surface area contributed by atoms with Crippen LogP contribution < -0.4 is 10.5 Å². The maximum atomic E-state index is 12.5. The van der Waals surface area contributed by atoms with E-state index in [2.05, 4.69) is 0 Å². The zero-order valence-corrected chi connectivity index (χ0v) is 12.9. The highest BCUT2D eigenvalue weighted by atomic mass is 35.5. The molecule has 0 radical (unpaired) electrons. The van der Waals surface area contributed by atoms with E-state index >= 15 is 0 Å². The molecule has 0 saturated heterocycles. The van der Waals surface area contributed by atoms with Gasteiger partial charge in [-0.05, 0) is 36.2 Å². The van der Waals surface area contributed by atoms with E-state index in [0.717, 1.165) is 11.1 Å². The van der Waals surface area contributed by atoms with Crippen LogP contribution in [0.25, 0.3) is 0 Å². The third-order valence-corrected chi connectivity index (χ3v) is 4.68. The Labute approximate surface area is 126 Å². The SMILES string of the molecule is COc1cc(N)ccc1S(=O)Cc1ccc(C)cc1Cl. The van der Waals surface area contributed by atoms with Crippen molar-refractivity contribution in [3.63, 3.8) is 0 Å². The van der Waals surface area contributed by atoms with Crippen LogP contribution in [0.2, 0.25) is 5.02 Å². The highest BCUT2D eigenvalue weighted by Gasteiger charge is 2.13. The summed E-state index contributed by atoms with van der Waals surface area (Å²) in [5.74, 6) is 0.880. The third-order valence-electron chi connectivity index (χ3n) is 2.93. The summed E-state index contributed by atoms with van der Waals surface area (Å²) < 4.78 is 17.7. The van der Waals surface area contributed by atoms with Gasteiger partial charge in [-0.1, -0.05) is 23.7 Å². The zero-order valence-electron chi connectivity index (χ0n) is 11.4. The van der Waals surface area contributed by atoms with Gasteiger partial charge in [0.05, 0.1) is 28.6 Å². The first-order chi connectivity index (χ1) is 9.51. The van der Waals surface area contributed by atoms with Gasteiger partial charge < -0.3 is 10.5 Å². The number of benzene rings is 2. The van der Waals surface area contributed by atoms with Crippen molar-refractivity contribution in [1.29, 1.82) is 0 Å². The monoisotopic (exact) mass is 309 g/mol. The molecule has 1 atom stereocenters. The second-order valence-corrected chi connectivity index (χ2v) is 6.32. The van der Waals surface area contributed by atoms with Crippen LogP contribution in [0, 0.1) is 6.92 Å². The number of methoxy groups -OCH3 is 1. The summed E-state index contributed by atoms with van der Waals surface area (Å²) in [6.07, 6.45) is 0. The number of anilines is 1. The van der Waals surface area contributed by atoms with Crippen molar-refractivity contribution in [3.8, 4) is 5.75 Å². The van der Waals surface area contributed by atoms with Gasteiger partial charge in [-0.15, -0.1) is 0 Å². The van der Waals surface area contributed by atoms with Crippen LogP contribution in [-0.4, -0.2) is 11.3 Å². The Hall–Kier alpha value is -1.52. The molecule has 2 N–H and O–H groups in total. The zero-order chi connectivity index (χ0) is 14.7. The van der Waals surface area contributed by atoms with Crippen molar-refractivity contribution in [2.75, 3.05) is 12.8 Å². The molecule has 0 heterocycles. The number of nitrogen functional groups attached to an aromatic ring is 1. The number of ether oxygens (including phenoxy) is 1. The van der Waals surface area contributed by atoms with Gasteiger partial charge in [-0.2, -0.15) is 0 Å². The van der Waals surface area contributed by atoms with Gasteiger partial charge in [0.15, 0.2) is 0 Å². The third kappa shape index (κ3) is 3.32. The second-order valence-electron chi connectivity index (χ2n) is 4.50. The Bertz CT molecular complexity index is 658. The summed E-state index contributed by atoms with van der Waals surface area (Å²) >= 11 is 6.17. The highest BCUT2D eigenvalue weighted by Crippen LogP contribution is 2.28. The average molecular weight is 310 g/mol. The largest absolute Gasteiger partial charge is 0.495 e. The van der Waals surface area contributed by atoms with Gasteiger partial charge >= 0.3 is 0 Å². The van der Waals surface area contributed by atoms with Crippen LogP contribution in [0.3, 0.4) is 0 Å². The Morgan fingerprint density at radius 3 is 2.65 bits per heavy atom. The van der Waals surface area contributed by atoms with Crippen LogP contribution in [0.15, 0.2) is 41.3 Å². The molecule has 3 nitrogen and oxygen atoms in total. The van der Waals surface area contributed by atoms with Gasteiger partial charge in [0.1, 0.15) is 5.75 Å². The van der Waals surface area contributed by atoms with Crippen molar-refractivity contribution in [2.45, 2.75) is 17.6 Å². The van der Waals surface area contributed by atoms with Crippen molar-refractivity contribution in [2.24, 2.45) is 0 Å². The number of nitrogens with two attached hydrogens (primary N) is 1. The van der Waals surface area contributed by atoms with E-state index in [1.807, 2.05) is 25.1 Å². The normalized spacial score (nSPS) is 12.2. The van der Waals surface area contributed by atoms with Gasteiger partial charge in [-0.25, -0.2) is 0 Å². The molecule has 0 fully saturated rings. The summed E-state index contributed by atoms with van der Waals surface area (Å²) in [4.78, 5) is 0.623. The lowest BCUT2D eigenvalue weighted by Crippen LogP contribution is -2.01. The maximum Gasteiger partial charge on any atom is 0.137 e. The Morgan fingerprint density at radius 2 is 2.00 bits per heavy atom. The van der Waals surface area contributed by atoms with E-state index in [1.54, 1.807) is 18.2 Å². The molecule has 0 aliphatic carbocycles. The fourth-order valence-corrected chi connectivity index (χ4v) is 3.52.